The fraction of sp³-hybridized carbons (Fsp3) is 0.538. The lowest BCUT2D eigenvalue weighted by Gasteiger charge is -2.38. The molecular formula is C13H18O2S. The van der Waals surface area contributed by atoms with Gasteiger partial charge in [-0.15, -0.1) is 0 Å². The maximum atomic E-state index is 5.45. The molecule has 1 aliphatic heterocycles. The van der Waals surface area contributed by atoms with Gasteiger partial charge in [0.15, 0.2) is 0 Å². The Morgan fingerprint density at radius 2 is 2.06 bits per heavy atom. The van der Waals surface area contributed by atoms with Crippen molar-refractivity contribution in [3.8, 4) is 5.75 Å². The van der Waals surface area contributed by atoms with Crippen LogP contribution in [0.15, 0.2) is 18.2 Å². The molecule has 0 saturated carbocycles. The van der Waals surface area contributed by atoms with Gasteiger partial charge in [0.25, 0.3) is 0 Å². The Labute approximate surface area is 102 Å². The zero-order valence-electron chi connectivity index (χ0n) is 9.99. The molecule has 3 heteroatoms. The number of benzene rings is 1. The Hall–Kier alpha value is -0.670. The molecule has 0 unspecified atom stereocenters. The van der Waals surface area contributed by atoms with Crippen LogP contribution in [-0.4, -0.2) is 20.3 Å². The van der Waals surface area contributed by atoms with Crippen LogP contribution in [-0.2, 0) is 9.48 Å². The van der Waals surface area contributed by atoms with Gasteiger partial charge in [-0.05, 0) is 17.5 Å². The van der Waals surface area contributed by atoms with Crippen LogP contribution in [0.4, 0.5) is 0 Å². The molecule has 2 rings (SSSR count). The van der Waals surface area contributed by atoms with Gasteiger partial charge < -0.3 is 9.47 Å². The number of methoxy groups -OCH3 is 1. The Balaban J connectivity index is 2.39. The topological polar surface area (TPSA) is 18.5 Å². The van der Waals surface area contributed by atoms with Crippen molar-refractivity contribution in [3.05, 3.63) is 29.3 Å². The summed E-state index contributed by atoms with van der Waals surface area (Å²) in [6.45, 7) is 5.68. The molecule has 2 nitrogen and oxygen atoms in total. The van der Waals surface area contributed by atoms with E-state index >= 15 is 0 Å². The van der Waals surface area contributed by atoms with Crippen LogP contribution in [0, 0.1) is 0 Å². The lowest BCUT2D eigenvalue weighted by Crippen LogP contribution is -2.41. The van der Waals surface area contributed by atoms with Crippen molar-refractivity contribution in [2.45, 2.75) is 24.5 Å². The molecule has 88 valence electrons. The van der Waals surface area contributed by atoms with Gasteiger partial charge in [-0.1, -0.05) is 26.0 Å². The van der Waals surface area contributed by atoms with Crippen molar-refractivity contribution in [3.63, 3.8) is 0 Å². The van der Waals surface area contributed by atoms with Crippen molar-refractivity contribution in [1.82, 2.24) is 0 Å². The fourth-order valence-corrected chi connectivity index (χ4v) is 2.27. The summed E-state index contributed by atoms with van der Waals surface area (Å²) in [4.78, 5) is 0. The van der Waals surface area contributed by atoms with Crippen LogP contribution < -0.4 is 4.74 Å². The van der Waals surface area contributed by atoms with Gasteiger partial charge in [-0.3, -0.25) is 0 Å². The molecule has 0 spiro atoms. The second kappa shape index (κ2) is 4.30. The molecule has 1 saturated heterocycles. The van der Waals surface area contributed by atoms with Crippen LogP contribution in [0.2, 0.25) is 0 Å². The number of ether oxygens (including phenoxy) is 2. The molecule has 1 aromatic carbocycles. The van der Waals surface area contributed by atoms with E-state index in [0.717, 1.165) is 11.3 Å². The maximum Gasteiger partial charge on any atom is 0.123 e. The van der Waals surface area contributed by atoms with Gasteiger partial charge in [0, 0.05) is 5.56 Å². The smallest absolute Gasteiger partial charge is 0.123 e. The Morgan fingerprint density at radius 3 is 2.50 bits per heavy atom. The van der Waals surface area contributed by atoms with E-state index in [9.17, 15) is 0 Å². The van der Waals surface area contributed by atoms with E-state index in [0.29, 0.717) is 19.1 Å². The highest BCUT2D eigenvalue weighted by Gasteiger charge is 2.38. The molecule has 1 aromatic rings. The zero-order chi connectivity index (χ0) is 11.8. The molecule has 0 radical (unpaired) electrons. The minimum atomic E-state index is -0.166. The second-order valence-corrected chi connectivity index (χ2v) is 5.49. The molecule has 0 aliphatic carbocycles. The number of rotatable bonds is 3. The van der Waals surface area contributed by atoms with E-state index in [2.05, 4.69) is 44.7 Å². The van der Waals surface area contributed by atoms with E-state index in [1.54, 1.807) is 7.11 Å². The molecule has 0 N–H and O–H groups in total. The maximum absolute atomic E-state index is 5.45. The highest BCUT2D eigenvalue weighted by molar-refractivity contribution is 7.81. The first-order valence-corrected chi connectivity index (χ1v) is 6.00. The second-order valence-electron chi connectivity index (χ2n) is 4.64. The largest absolute Gasteiger partial charge is 0.496 e. The van der Waals surface area contributed by atoms with Gasteiger partial charge in [-0.25, -0.2) is 0 Å². The summed E-state index contributed by atoms with van der Waals surface area (Å²) in [5, 5.41) is 0. The highest BCUT2D eigenvalue weighted by atomic mass is 32.1. The van der Waals surface area contributed by atoms with Crippen molar-refractivity contribution in [2.75, 3.05) is 20.3 Å². The molecule has 0 atom stereocenters. The average molecular weight is 238 g/mol. The van der Waals surface area contributed by atoms with E-state index in [1.807, 2.05) is 0 Å². The zero-order valence-corrected chi connectivity index (χ0v) is 10.9. The summed E-state index contributed by atoms with van der Waals surface area (Å²) < 4.78 is 10.5. The van der Waals surface area contributed by atoms with E-state index in [-0.39, 0.29) is 4.75 Å². The molecule has 0 aromatic heterocycles. The lowest BCUT2D eigenvalue weighted by atomic mass is 9.92. The van der Waals surface area contributed by atoms with Crippen molar-refractivity contribution in [1.29, 1.82) is 0 Å². The number of hydrogen-bond acceptors (Lipinski definition) is 3. The summed E-state index contributed by atoms with van der Waals surface area (Å²) in [6, 6.07) is 6.37. The molecule has 1 heterocycles. The molecule has 0 amide bonds. The highest BCUT2D eigenvalue weighted by Crippen LogP contribution is 2.41. The first-order valence-electron chi connectivity index (χ1n) is 5.55. The van der Waals surface area contributed by atoms with Crippen LogP contribution >= 0.6 is 12.6 Å². The summed E-state index contributed by atoms with van der Waals surface area (Å²) in [5.74, 6) is 1.43. The van der Waals surface area contributed by atoms with Gasteiger partial charge in [-0.2, -0.15) is 12.6 Å². The van der Waals surface area contributed by atoms with Crippen LogP contribution in [0.5, 0.6) is 5.75 Å². The minimum Gasteiger partial charge on any atom is -0.496 e. The van der Waals surface area contributed by atoms with Crippen molar-refractivity contribution in [2.24, 2.45) is 0 Å². The molecule has 1 fully saturated rings. The predicted octanol–water partition coefficient (Wildman–Crippen LogP) is 2.97. The SMILES string of the molecule is COc1cc(C(C)C)ccc1C1(S)COC1. The van der Waals surface area contributed by atoms with Crippen LogP contribution in [0.1, 0.15) is 30.9 Å². The average Bonchev–Trinajstić information content (AvgIpc) is 2.25. The molecule has 1 aliphatic rings. The number of thiol groups is 1. The first-order chi connectivity index (χ1) is 7.57. The number of hydrogen-bond donors (Lipinski definition) is 1. The lowest BCUT2D eigenvalue weighted by molar-refractivity contribution is -0.0106. The molecule has 16 heavy (non-hydrogen) atoms. The summed E-state index contributed by atoms with van der Waals surface area (Å²) in [7, 11) is 1.71. The van der Waals surface area contributed by atoms with Crippen LogP contribution in [0.25, 0.3) is 0 Å². The Kier molecular flexibility index (Phi) is 3.17. The standard InChI is InChI=1S/C13H18O2S/c1-9(2)10-4-5-11(12(6-10)14-3)13(16)7-15-8-13/h4-6,9,16H,7-8H2,1-3H3. The quantitative estimate of drug-likeness (QED) is 0.816. The van der Waals surface area contributed by atoms with E-state index in [1.165, 1.54) is 5.56 Å². The van der Waals surface area contributed by atoms with Gasteiger partial charge in [0.1, 0.15) is 5.75 Å². The third-order valence-electron chi connectivity index (χ3n) is 3.08. The third kappa shape index (κ3) is 1.94. The minimum absolute atomic E-state index is 0.166. The first kappa shape index (κ1) is 11.8. The van der Waals surface area contributed by atoms with Crippen LogP contribution in [0.3, 0.4) is 0 Å². The summed E-state index contributed by atoms with van der Waals surface area (Å²) in [5.41, 5.74) is 2.42. The molecular weight excluding hydrogens is 220 g/mol. The summed E-state index contributed by atoms with van der Waals surface area (Å²) >= 11 is 4.67. The van der Waals surface area contributed by atoms with E-state index in [4.69, 9.17) is 9.47 Å². The third-order valence-corrected chi connectivity index (χ3v) is 3.57. The molecule has 0 bridgehead atoms. The monoisotopic (exact) mass is 238 g/mol. The summed E-state index contributed by atoms with van der Waals surface area (Å²) in [6.07, 6.45) is 0. The van der Waals surface area contributed by atoms with Gasteiger partial charge >= 0.3 is 0 Å². The normalized spacial score (nSPS) is 18.3. The predicted molar refractivity (Wildman–Crippen MR) is 68.6 cm³/mol. The Morgan fingerprint density at radius 1 is 1.38 bits per heavy atom. The Bertz CT molecular complexity index is 384. The van der Waals surface area contributed by atoms with Gasteiger partial charge in [0.2, 0.25) is 0 Å². The van der Waals surface area contributed by atoms with Crippen molar-refractivity contribution >= 4 is 12.6 Å². The van der Waals surface area contributed by atoms with Crippen molar-refractivity contribution < 1.29 is 9.47 Å². The van der Waals surface area contributed by atoms with Gasteiger partial charge in [0.05, 0.1) is 25.1 Å². The van der Waals surface area contributed by atoms with E-state index < -0.39 is 0 Å². The fourth-order valence-electron chi connectivity index (χ4n) is 1.90.